The number of hydrogen-bond donors (Lipinski definition) is 1. The molecule has 5 nitrogen and oxygen atoms in total. The first-order valence-electron chi connectivity index (χ1n) is 7.37. The van der Waals surface area contributed by atoms with Crippen molar-refractivity contribution in [2.24, 2.45) is 0 Å². The number of ether oxygens (including phenoxy) is 1. The van der Waals surface area contributed by atoms with E-state index in [-0.39, 0.29) is 6.10 Å². The third kappa shape index (κ3) is 2.70. The average Bonchev–Trinajstić information content (AvgIpc) is 2.97. The van der Waals surface area contributed by atoms with Crippen LogP contribution in [0.4, 0.5) is 0 Å². The van der Waals surface area contributed by atoms with Crippen LogP contribution >= 0.6 is 11.3 Å². The van der Waals surface area contributed by atoms with Crippen molar-refractivity contribution in [2.75, 3.05) is 0 Å². The van der Waals surface area contributed by atoms with Crippen LogP contribution in [0, 0.1) is 13.8 Å². The summed E-state index contributed by atoms with van der Waals surface area (Å²) in [5.74, 6) is -0.0825. The van der Waals surface area contributed by atoms with E-state index in [9.17, 15) is 9.90 Å². The minimum absolute atomic E-state index is 0.137. The van der Waals surface area contributed by atoms with Gasteiger partial charge in [-0.25, -0.2) is 9.78 Å². The van der Waals surface area contributed by atoms with Crippen molar-refractivity contribution in [3.63, 3.8) is 0 Å². The van der Waals surface area contributed by atoms with Gasteiger partial charge in [0.05, 0.1) is 11.8 Å². The number of carboxylic acids is 1. The van der Waals surface area contributed by atoms with Crippen LogP contribution in [0.3, 0.4) is 0 Å². The average molecular weight is 330 g/mol. The minimum atomic E-state index is -0.908. The Labute approximate surface area is 138 Å². The fourth-order valence-electron chi connectivity index (χ4n) is 2.64. The zero-order valence-corrected chi connectivity index (χ0v) is 14.3. The summed E-state index contributed by atoms with van der Waals surface area (Å²) >= 11 is 1.20. The van der Waals surface area contributed by atoms with Crippen LogP contribution in [-0.2, 0) is 0 Å². The van der Waals surface area contributed by atoms with Gasteiger partial charge in [0, 0.05) is 17.0 Å². The monoisotopic (exact) mass is 330 g/mol. The van der Waals surface area contributed by atoms with Crippen molar-refractivity contribution in [2.45, 2.75) is 33.8 Å². The molecule has 0 bridgehead atoms. The second-order valence-corrected chi connectivity index (χ2v) is 6.65. The number of rotatable bonds is 4. The van der Waals surface area contributed by atoms with Gasteiger partial charge in [-0.2, -0.15) is 0 Å². The van der Waals surface area contributed by atoms with Gasteiger partial charge in [-0.05, 0) is 52.0 Å². The number of aromatic carboxylic acids is 1. The topological polar surface area (TPSA) is 63.8 Å². The Balaban J connectivity index is 2.03. The molecular weight excluding hydrogens is 312 g/mol. The van der Waals surface area contributed by atoms with E-state index in [1.54, 1.807) is 0 Å². The zero-order valence-electron chi connectivity index (χ0n) is 13.5. The molecule has 120 valence electrons. The van der Waals surface area contributed by atoms with E-state index in [2.05, 4.69) is 4.98 Å². The standard InChI is InChI=1S/C17H18N2O3S/c1-9(2)22-13-7-5-12(6-8-13)14-10(3)19-11(4)15(16(20)21)23-17(19)18-14/h5-9H,1-4H3,(H,20,21). The van der Waals surface area contributed by atoms with Crippen LogP contribution in [-0.4, -0.2) is 26.6 Å². The number of imidazole rings is 1. The largest absolute Gasteiger partial charge is 0.491 e. The molecule has 23 heavy (non-hydrogen) atoms. The summed E-state index contributed by atoms with van der Waals surface area (Å²) in [4.78, 5) is 16.9. The predicted molar refractivity (Wildman–Crippen MR) is 90.7 cm³/mol. The van der Waals surface area contributed by atoms with E-state index in [4.69, 9.17) is 4.74 Å². The molecule has 0 spiro atoms. The highest BCUT2D eigenvalue weighted by atomic mass is 32.1. The molecule has 0 saturated carbocycles. The first-order valence-corrected chi connectivity index (χ1v) is 8.19. The summed E-state index contributed by atoms with van der Waals surface area (Å²) in [6.45, 7) is 7.75. The quantitative estimate of drug-likeness (QED) is 0.780. The lowest BCUT2D eigenvalue weighted by Gasteiger charge is -2.09. The number of thiazole rings is 1. The SMILES string of the molecule is Cc1c(-c2ccc(OC(C)C)cc2)nc2sc(C(=O)O)c(C)n12. The smallest absolute Gasteiger partial charge is 0.347 e. The molecule has 0 atom stereocenters. The molecule has 3 rings (SSSR count). The van der Waals surface area contributed by atoms with Crippen LogP contribution in [0.2, 0.25) is 0 Å². The van der Waals surface area contributed by atoms with E-state index in [0.29, 0.717) is 15.5 Å². The van der Waals surface area contributed by atoms with Crippen LogP contribution < -0.4 is 4.74 Å². The molecule has 0 aliphatic rings. The second kappa shape index (κ2) is 5.70. The summed E-state index contributed by atoms with van der Waals surface area (Å²) in [5, 5.41) is 9.22. The second-order valence-electron chi connectivity index (χ2n) is 5.68. The third-order valence-corrected chi connectivity index (χ3v) is 4.76. The molecule has 1 N–H and O–H groups in total. The molecule has 0 saturated heterocycles. The number of hydrogen-bond acceptors (Lipinski definition) is 4. The Bertz CT molecular complexity index is 876. The van der Waals surface area contributed by atoms with E-state index in [1.165, 1.54) is 11.3 Å². The van der Waals surface area contributed by atoms with Gasteiger partial charge in [-0.1, -0.05) is 11.3 Å². The fraction of sp³-hybridized carbons (Fsp3) is 0.294. The highest BCUT2D eigenvalue weighted by Crippen LogP contribution is 2.31. The first-order chi connectivity index (χ1) is 10.9. The number of aryl methyl sites for hydroxylation is 2. The van der Waals surface area contributed by atoms with Gasteiger partial charge in [-0.15, -0.1) is 0 Å². The van der Waals surface area contributed by atoms with E-state index < -0.39 is 5.97 Å². The van der Waals surface area contributed by atoms with E-state index in [1.807, 2.05) is 56.4 Å². The zero-order chi connectivity index (χ0) is 16.7. The molecule has 3 aromatic rings. The van der Waals surface area contributed by atoms with Crippen LogP contribution in [0.15, 0.2) is 24.3 Å². The molecule has 2 aromatic heterocycles. The number of benzene rings is 1. The molecule has 0 aliphatic carbocycles. The molecule has 6 heteroatoms. The van der Waals surface area contributed by atoms with E-state index in [0.717, 1.165) is 22.7 Å². The Morgan fingerprint density at radius 1 is 1.22 bits per heavy atom. The highest BCUT2D eigenvalue weighted by molar-refractivity contribution is 7.19. The van der Waals surface area contributed by atoms with Gasteiger partial charge in [0.2, 0.25) is 0 Å². The Kier molecular flexibility index (Phi) is 3.85. The summed E-state index contributed by atoms with van der Waals surface area (Å²) in [6, 6.07) is 7.81. The van der Waals surface area contributed by atoms with Crippen molar-refractivity contribution in [1.82, 2.24) is 9.38 Å². The summed E-state index contributed by atoms with van der Waals surface area (Å²) in [7, 11) is 0. The summed E-state index contributed by atoms with van der Waals surface area (Å²) in [5.41, 5.74) is 3.52. The lowest BCUT2D eigenvalue weighted by Crippen LogP contribution is -2.05. The highest BCUT2D eigenvalue weighted by Gasteiger charge is 2.20. The van der Waals surface area contributed by atoms with Gasteiger partial charge >= 0.3 is 5.97 Å². The number of carbonyl (C=O) groups is 1. The maximum Gasteiger partial charge on any atom is 0.347 e. The normalized spacial score (nSPS) is 11.3. The van der Waals surface area contributed by atoms with Crippen LogP contribution in [0.5, 0.6) is 5.75 Å². The molecule has 2 heterocycles. The number of aromatic nitrogens is 2. The number of carboxylic acid groups (broad SMARTS) is 1. The lowest BCUT2D eigenvalue weighted by atomic mass is 10.1. The first kappa shape index (κ1) is 15.6. The summed E-state index contributed by atoms with van der Waals surface area (Å²) < 4.78 is 7.56. The van der Waals surface area contributed by atoms with Crippen molar-refractivity contribution >= 4 is 22.3 Å². The molecule has 0 amide bonds. The number of fused-ring (bicyclic) bond motifs is 1. The van der Waals surface area contributed by atoms with Crippen LogP contribution in [0.25, 0.3) is 16.2 Å². The maximum absolute atomic E-state index is 11.2. The minimum Gasteiger partial charge on any atom is -0.491 e. The Hall–Kier alpha value is -2.34. The van der Waals surface area contributed by atoms with E-state index >= 15 is 0 Å². The summed E-state index contributed by atoms with van der Waals surface area (Å²) in [6.07, 6.45) is 0.137. The van der Waals surface area contributed by atoms with Gasteiger partial charge in [0.25, 0.3) is 0 Å². The van der Waals surface area contributed by atoms with Crippen molar-refractivity contribution in [1.29, 1.82) is 0 Å². The van der Waals surface area contributed by atoms with Gasteiger partial charge in [-0.3, -0.25) is 4.40 Å². The Morgan fingerprint density at radius 2 is 1.87 bits per heavy atom. The third-order valence-electron chi connectivity index (χ3n) is 3.63. The molecular formula is C17H18N2O3S. The van der Waals surface area contributed by atoms with Crippen molar-refractivity contribution in [3.8, 4) is 17.0 Å². The van der Waals surface area contributed by atoms with Crippen molar-refractivity contribution < 1.29 is 14.6 Å². The van der Waals surface area contributed by atoms with Crippen molar-refractivity contribution in [3.05, 3.63) is 40.5 Å². The lowest BCUT2D eigenvalue weighted by molar-refractivity contribution is 0.0701. The molecule has 0 radical (unpaired) electrons. The fourth-order valence-corrected chi connectivity index (χ4v) is 3.65. The van der Waals surface area contributed by atoms with Crippen LogP contribution in [0.1, 0.15) is 34.9 Å². The molecule has 0 unspecified atom stereocenters. The predicted octanol–water partition coefficient (Wildman–Crippen LogP) is 4.17. The Morgan fingerprint density at radius 3 is 2.39 bits per heavy atom. The van der Waals surface area contributed by atoms with Gasteiger partial charge in [0.15, 0.2) is 4.96 Å². The number of nitrogens with zero attached hydrogens (tertiary/aromatic N) is 2. The van der Waals surface area contributed by atoms with Gasteiger partial charge in [0.1, 0.15) is 10.6 Å². The molecule has 1 aromatic carbocycles. The maximum atomic E-state index is 11.2. The van der Waals surface area contributed by atoms with Gasteiger partial charge < -0.3 is 9.84 Å². The molecule has 0 aliphatic heterocycles. The molecule has 0 fully saturated rings.